The van der Waals surface area contributed by atoms with Crippen molar-refractivity contribution in [3.63, 3.8) is 0 Å². The number of carbonyl (C=O) groups excluding carboxylic acids is 1. The summed E-state index contributed by atoms with van der Waals surface area (Å²) in [7, 11) is 0. The van der Waals surface area contributed by atoms with Crippen LogP contribution in [-0.2, 0) is 6.42 Å². The van der Waals surface area contributed by atoms with Crippen molar-refractivity contribution in [2.24, 2.45) is 5.92 Å². The number of benzene rings is 2. The Morgan fingerprint density at radius 3 is 2.46 bits per heavy atom. The minimum atomic E-state index is -0.202. The molecule has 6 heteroatoms. The second kappa shape index (κ2) is 7.56. The summed E-state index contributed by atoms with van der Waals surface area (Å²) in [6, 6.07) is 15.4. The summed E-state index contributed by atoms with van der Waals surface area (Å²) < 4.78 is 17.2. The third kappa shape index (κ3) is 3.85. The van der Waals surface area contributed by atoms with Gasteiger partial charge in [0.05, 0.1) is 13.2 Å². The van der Waals surface area contributed by atoms with E-state index in [0.29, 0.717) is 32.1 Å². The van der Waals surface area contributed by atoms with Crippen molar-refractivity contribution in [2.75, 3.05) is 26.3 Å². The second-order valence-corrected chi connectivity index (χ2v) is 6.58. The van der Waals surface area contributed by atoms with Crippen molar-refractivity contribution in [3.8, 4) is 17.2 Å². The summed E-state index contributed by atoms with van der Waals surface area (Å²) in [5.41, 5.74) is 1.19. The molecule has 0 radical (unpaired) electrons. The van der Waals surface area contributed by atoms with Gasteiger partial charge in [0.25, 0.3) is 0 Å². The Morgan fingerprint density at radius 1 is 0.885 bits per heavy atom. The Balaban J connectivity index is 1.20. The highest BCUT2D eigenvalue weighted by molar-refractivity contribution is 5.73. The molecule has 2 aromatic rings. The van der Waals surface area contributed by atoms with Gasteiger partial charge in [-0.25, -0.2) is 4.79 Å². The number of urea groups is 1. The molecule has 4 rings (SSSR count). The highest BCUT2D eigenvalue weighted by Gasteiger charge is 2.22. The summed E-state index contributed by atoms with van der Waals surface area (Å²) in [5.74, 6) is 2.68. The molecule has 0 saturated carbocycles. The zero-order valence-electron chi connectivity index (χ0n) is 14.4. The molecule has 0 saturated heterocycles. The van der Waals surface area contributed by atoms with Crippen molar-refractivity contribution in [1.29, 1.82) is 0 Å². The summed E-state index contributed by atoms with van der Waals surface area (Å²) in [6.45, 7) is 2.01. The van der Waals surface area contributed by atoms with Crippen LogP contribution in [0.15, 0.2) is 48.5 Å². The van der Waals surface area contributed by atoms with Gasteiger partial charge in [-0.05, 0) is 30.2 Å². The van der Waals surface area contributed by atoms with Crippen LogP contribution in [0.2, 0.25) is 0 Å². The van der Waals surface area contributed by atoms with Gasteiger partial charge in [0, 0.05) is 12.5 Å². The number of para-hydroxylation sites is 3. The standard InChI is InChI=1S/C20H22N2O4/c23-20(21-10-14-9-15-5-1-2-6-17(15)24-12-14)22-11-16-13-25-18-7-3-4-8-19(18)26-16/h1-8,14,16H,9-13H2,(H2,21,22,23). The first-order chi connectivity index (χ1) is 12.8. The summed E-state index contributed by atoms with van der Waals surface area (Å²) in [4.78, 5) is 12.1. The van der Waals surface area contributed by atoms with Crippen LogP contribution in [0.1, 0.15) is 5.56 Å². The number of nitrogens with one attached hydrogen (secondary N) is 2. The van der Waals surface area contributed by atoms with E-state index in [4.69, 9.17) is 14.2 Å². The van der Waals surface area contributed by atoms with E-state index in [9.17, 15) is 4.79 Å². The van der Waals surface area contributed by atoms with Gasteiger partial charge in [0.1, 0.15) is 12.4 Å². The van der Waals surface area contributed by atoms with Gasteiger partial charge in [-0.15, -0.1) is 0 Å². The molecule has 6 nitrogen and oxygen atoms in total. The van der Waals surface area contributed by atoms with E-state index in [1.165, 1.54) is 5.56 Å². The third-order valence-corrected chi connectivity index (χ3v) is 4.56. The lowest BCUT2D eigenvalue weighted by molar-refractivity contribution is 0.0917. The molecule has 2 atom stereocenters. The molecule has 136 valence electrons. The maximum absolute atomic E-state index is 12.1. The zero-order valence-corrected chi connectivity index (χ0v) is 14.4. The monoisotopic (exact) mass is 354 g/mol. The number of amides is 2. The average Bonchev–Trinajstić information content (AvgIpc) is 2.70. The van der Waals surface area contributed by atoms with Crippen molar-refractivity contribution in [3.05, 3.63) is 54.1 Å². The third-order valence-electron chi connectivity index (χ3n) is 4.56. The topological polar surface area (TPSA) is 68.8 Å². The Bertz CT molecular complexity index is 716. The molecule has 0 fully saturated rings. The molecular weight excluding hydrogens is 332 g/mol. The molecule has 26 heavy (non-hydrogen) atoms. The van der Waals surface area contributed by atoms with E-state index in [0.717, 1.165) is 17.9 Å². The Labute approximate surface area is 152 Å². The molecule has 0 bridgehead atoms. The van der Waals surface area contributed by atoms with Crippen LogP contribution in [0.25, 0.3) is 0 Å². The van der Waals surface area contributed by atoms with Crippen LogP contribution in [-0.4, -0.2) is 38.4 Å². The molecule has 2 aliphatic rings. The average molecular weight is 354 g/mol. The minimum absolute atomic E-state index is 0.194. The van der Waals surface area contributed by atoms with E-state index in [-0.39, 0.29) is 18.1 Å². The van der Waals surface area contributed by atoms with Gasteiger partial charge in [-0.3, -0.25) is 0 Å². The number of hydrogen-bond donors (Lipinski definition) is 2. The summed E-state index contributed by atoms with van der Waals surface area (Å²) in [5, 5.41) is 5.76. The van der Waals surface area contributed by atoms with Gasteiger partial charge >= 0.3 is 6.03 Å². The molecule has 0 spiro atoms. The lowest BCUT2D eigenvalue weighted by Crippen LogP contribution is -2.46. The van der Waals surface area contributed by atoms with E-state index in [1.807, 2.05) is 42.5 Å². The quantitative estimate of drug-likeness (QED) is 0.885. The van der Waals surface area contributed by atoms with Crippen LogP contribution in [0.4, 0.5) is 4.79 Å². The van der Waals surface area contributed by atoms with E-state index in [2.05, 4.69) is 16.7 Å². The Kier molecular flexibility index (Phi) is 4.82. The zero-order chi connectivity index (χ0) is 17.8. The van der Waals surface area contributed by atoms with Gasteiger partial charge < -0.3 is 24.8 Å². The highest BCUT2D eigenvalue weighted by atomic mass is 16.6. The molecular formula is C20H22N2O4. The normalized spacial score (nSPS) is 20.5. The van der Waals surface area contributed by atoms with Gasteiger partial charge in [0.2, 0.25) is 0 Å². The first-order valence-corrected chi connectivity index (χ1v) is 8.89. The smallest absolute Gasteiger partial charge is 0.314 e. The fourth-order valence-electron chi connectivity index (χ4n) is 3.19. The van der Waals surface area contributed by atoms with Crippen LogP contribution < -0.4 is 24.8 Å². The molecule has 2 heterocycles. The highest BCUT2D eigenvalue weighted by Crippen LogP contribution is 2.30. The minimum Gasteiger partial charge on any atom is -0.493 e. The number of rotatable bonds is 4. The first kappa shape index (κ1) is 16.6. The van der Waals surface area contributed by atoms with Gasteiger partial charge in [0.15, 0.2) is 17.6 Å². The van der Waals surface area contributed by atoms with E-state index in [1.54, 1.807) is 0 Å². The largest absolute Gasteiger partial charge is 0.493 e. The second-order valence-electron chi connectivity index (χ2n) is 6.58. The van der Waals surface area contributed by atoms with Crippen molar-refractivity contribution < 1.29 is 19.0 Å². The number of ether oxygens (including phenoxy) is 3. The molecule has 2 aliphatic heterocycles. The van der Waals surface area contributed by atoms with E-state index >= 15 is 0 Å². The van der Waals surface area contributed by atoms with Crippen molar-refractivity contribution >= 4 is 6.03 Å². The number of carbonyl (C=O) groups is 1. The summed E-state index contributed by atoms with van der Waals surface area (Å²) in [6.07, 6.45) is 0.716. The van der Waals surface area contributed by atoms with Crippen LogP contribution in [0.5, 0.6) is 17.2 Å². The molecule has 2 aromatic carbocycles. The maximum Gasteiger partial charge on any atom is 0.314 e. The summed E-state index contributed by atoms with van der Waals surface area (Å²) >= 11 is 0. The fourth-order valence-corrected chi connectivity index (χ4v) is 3.19. The van der Waals surface area contributed by atoms with Crippen molar-refractivity contribution in [2.45, 2.75) is 12.5 Å². The fraction of sp³-hybridized carbons (Fsp3) is 0.350. The molecule has 2 unspecified atom stereocenters. The van der Waals surface area contributed by atoms with Gasteiger partial charge in [-0.1, -0.05) is 30.3 Å². The predicted octanol–water partition coefficient (Wildman–Crippen LogP) is 2.38. The maximum atomic E-state index is 12.1. The SMILES string of the molecule is O=C(NCC1COc2ccccc2C1)NCC1COc2ccccc2O1. The molecule has 2 N–H and O–H groups in total. The van der Waals surface area contributed by atoms with E-state index < -0.39 is 0 Å². The Hall–Kier alpha value is -2.89. The van der Waals surface area contributed by atoms with Crippen LogP contribution in [0.3, 0.4) is 0 Å². The Morgan fingerprint density at radius 2 is 1.58 bits per heavy atom. The number of fused-ring (bicyclic) bond motifs is 2. The first-order valence-electron chi connectivity index (χ1n) is 8.89. The lowest BCUT2D eigenvalue weighted by atomic mass is 9.97. The van der Waals surface area contributed by atoms with Crippen LogP contribution >= 0.6 is 0 Å². The predicted molar refractivity (Wildman–Crippen MR) is 96.9 cm³/mol. The number of hydrogen-bond acceptors (Lipinski definition) is 4. The molecule has 0 aliphatic carbocycles. The molecule has 0 aromatic heterocycles. The van der Waals surface area contributed by atoms with Crippen LogP contribution in [0, 0.1) is 5.92 Å². The van der Waals surface area contributed by atoms with Gasteiger partial charge in [-0.2, -0.15) is 0 Å². The molecule has 2 amide bonds. The lowest BCUT2D eigenvalue weighted by Gasteiger charge is -2.27. The van der Waals surface area contributed by atoms with Crippen molar-refractivity contribution in [1.82, 2.24) is 10.6 Å².